The molecule has 2 saturated carbocycles. The number of imide groups is 1. The normalized spacial score (nSPS) is 38.2. The fourth-order valence-electron chi connectivity index (χ4n) is 6.56. The van der Waals surface area contributed by atoms with E-state index in [1.807, 2.05) is 30.3 Å². The van der Waals surface area contributed by atoms with E-state index < -0.39 is 6.04 Å². The quantitative estimate of drug-likeness (QED) is 0.564. The minimum Gasteiger partial charge on any atom is -0.376 e. The number of amides is 3. The molecule has 6 nitrogen and oxygen atoms in total. The Labute approximate surface area is 182 Å². The van der Waals surface area contributed by atoms with Crippen LogP contribution in [-0.4, -0.2) is 47.9 Å². The summed E-state index contributed by atoms with van der Waals surface area (Å²) in [4.78, 5) is 41.8. The molecule has 4 fully saturated rings. The van der Waals surface area contributed by atoms with Crippen molar-refractivity contribution < 1.29 is 19.1 Å². The Balaban J connectivity index is 1.27. The number of allylic oxidation sites excluding steroid dienone is 2. The van der Waals surface area contributed by atoms with Gasteiger partial charge >= 0.3 is 0 Å². The SMILES string of the molecule is O=C(NC[C@@H]1CCCO1)[C@H](Cc1ccccc1)N1C(=O)[C@H]2[C@@H]3C=C[C@H]([C@@H]4C[C@H]34)[C@@H]2C1=O. The van der Waals surface area contributed by atoms with Crippen molar-refractivity contribution in [2.24, 2.45) is 35.5 Å². The smallest absolute Gasteiger partial charge is 0.243 e. The number of nitrogens with one attached hydrogen (secondary N) is 1. The Morgan fingerprint density at radius 3 is 2.35 bits per heavy atom. The summed E-state index contributed by atoms with van der Waals surface area (Å²) in [5.41, 5.74) is 0.944. The van der Waals surface area contributed by atoms with Crippen LogP contribution in [0, 0.1) is 35.5 Å². The van der Waals surface area contributed by atoms with E-state index in [9.17, 15) is 14.4 Å². The largest absolute Gasteiger partial charge is 0.376 e. The Bertz CT molecular complexity index is 902. The van der Waals surface area contributed by atoms with Gasteiger partial charge in [0.1, 0.15) is 6.04 Å². The zero-order valence-electron chi connectivity index (χ0n) is 17.5. The van der Waals surface area contributed by atoms with Crippen molar-refractivity contribution in [3.8, 4) is 0 Å². The van der Waals surface area contributed by atoms with Crippen LogP contribution in [0.5, 0.6) is 0 Å². The minimum absolute atomic E-state index is 0.0149. The van der Waals surface area contributed by atoms with Gasteiger partial charge in [-0.15, -0.1) is 0 Å². The van der Waals surface area contributed by atoms with Crippen LogP contribution in [0.2, 0.25) is 0 Å². The molecule has 31 heavy (non-hydrogen) atoms. The third-order valence-corrected chi connectivity index (χ3v) is 8.11. The maximum Gasteiger partial charge on any atom is 0.243 e. The monoisotopic (exact) mass is 420 g/mol. The number of rotatable bonds is 6. The third kappa shape index (κ3) is 3.06. The summed E-state index contributed by atoms with van der Waals surface area (Å²) in [6.45, 7) is 1.14. The Hall–Kier alpha value is -2.47. The summed E-state index contributed by atoms with van der Waals surface area (Å²) < 4.78 is 5.63. The van der Waals surface area contributed by atoms with E-state index in [1.54, 1.807) is 0 Å². The second-order valence-corrected chi connectivity index (χ2v) is 9.79. The molecule has 2 bridgehead atoms. The molecule has 8 atom stereocenters. The summed E-state index contributed by atoms with van der Waals surface area (Å²) in [6.07, 6.45) is 7.74. The van der Waals surface area contributed by atoms with E-state index in [-0.39, 0.29) is 47.5 Å². The van der Waals surface area contributed by atoms with Gasteiger partial charge in [0, 0.05) is 19.6 Å². The van der Waals surface area contributed by atoms with Gasteiger partial charge in [-0.25, -0.2) is 0 Å². The van der Waals surface area contributed by atoms with Crippen LogP contribution in [0.3, 0.4) is 0 Å². The second kappa shape index (κ2) is 7.30. The summed E-state index contributed by atoms with van der Waals surface area (Å²) in [6, 6.07) is 8.83. The van der Waals surface area contributed by atoms with E-state index in [4.69, 9.17) is 4.74 Å². The van der Waals surface area contributed by atoms with Gasteiger partial charge < -0.3 is 10.1 Å². The van der Waals surface area contributed by atoms with Gasteiger partial charge in [-0.05, 0) is 48.5 Å². The predicted molar refractivity (Wildman–Crippen MR) is 112 cm³/mol. The highest BCUT2D eigenvalue weighted by molar-refractivity contribution is 6.09. The third-order valence-electron chi connectivity index (χ3n) is 8.11. The molecule has 2 heterocycles. The first kappa shape index (κ1) is 19.2. The lowest BCUT2D eigenvalue weighted by Crippen LogP contribution is -2.52. The zero-order valence-corrected chi connectivity index (χ0v) is 17.5. The van der Waals surface area contributed by atoms with Crippen molar-refractivity contribution in [2.75, 3.05) is 13.2 Å². The van der Waals surface area contributed by atoms with Crippen LogP contribution in [0.1, 0.15) is 24.8 Å². The van der Waals surface area contributed by atoms with Gasteiger partial charge in [-0.2, -0.15) is 0 Å². The molecule has 1 N–H and O–H groups in total. The zero-order chi connectivity index (χ0) is 21.1. The van der Waals surface area contributed by atoms with Crippen LogP contribution >= 0.6 is 0 Å². The molecule has 0 aromatic heterocycles. The predicted octanol–water partition coefficient (Wildman–Crippen LogP) is 1.95. The first-order valence-corrected chi connectivity index (χ1v) is 11.6. The Kier molecular flexibility index (Phi) is 4.53. The highest BCUT2D eigenvalue weighted by Gasteiger charge is 2.67. The summed E-state index contributed by atoms with van der Waals surface area (Å²) in [5.74, 6) is 0.308. The maximum absolute atomic E-state index is 13.6. The molecule has 1 aromatic rings. The van der Waals surface area contributed by atoms with Gasteiger partial charge in [0.25, 0.3) is 0 Å². The van der Waals surface area contributed by atoms with Gasteiger partial charge in [0.2, 0.25) is 17.7 Å². The highest BCUT2D eigenvalue weighted by atomic mass is 16.5. The standard InChI is InChI=1S/C25H28N2O4/c28-23(26-13-15-7-4-10-31-15)20(11-14-5-2-1-3-6-14)27-24(29)21-16-8-9-17(19-12-18(16)19)22(21)25(27)30/h1-3,5-6,8-9,15-22H,4,7,10-13H2,(H,26,28)/t15-,16+,17+,18-,19+,20-,21-,22-/m0/s1. The molecule has 3 amide bonds. The molecule has 1 aromatic carbocycles. The summed E-state index contributed by atoms with van der Waals surface area (Å²) in [5, 5.41) is 2.97. The topological polar surface area (TPSA) is 75.7 Å². The molecule has 0 spiro atoms. The Morgan fingerprint density at radius 1 is 1.06 bits per heavy atom. The number of carbonyl (C=O) groups excluding carboxylic acids is 3. The summed E-state index contributed by atoms with van der Waals surface area (Å²) >= 11 is 0. The van der Waals surface area contributed by atoms with Crippen LogP contribution in [0.4, 0.5) is 0 Å². The number of ether oxygens (including phenoxy) is 1. The summed E-state index contributed by atoms with van der Waals surface area (Å²) in [7, 11) is 0. The van der Waals surface area contributed by atoms with E-state index in [2.05, 4.69) is 17.5 Å². The molecule has 2 aliphatic heterocycles. The number of nitrogens with zero attached hydrogens (tertiary/aromatic N) is 1. The van der Waals surface area contributed by atoms with Crippen molar-refractivity contribution in [3.05, 3.63) is 48.0 Å². The van der Waals surface area contributed by atoms with Crippen molar-refractivity contribution in [1.82, 2.24) is 10.2 Å². The van der Waals surface area contributed by atoms with Gasteiger partial charge in [0.15, 0.2) is 0 Å². The number of likely N-dealkylation sites (tertiary alicyclic amines) is 1. The van der Waals surface area contributed by atoms with E-state index in [1.165, 1.54) is 4.90 Å². The average Bonchev–Trinajstić information content (AvgIpc) is 3.38. The number of hydrogen-bond donors (Lipinski definition) is 1. The van der Waals surface area contributed by atoms with E-state index >= 15 is 0 Å². The average molecular weight is 421 g/mol. The lowest BCUT2D eigenvalue weighted by atomic mass is 9.63. The Morgan fingerprint density at radius 2 is 1.74 bits per heavy atom. The lowest BCUT2D eigenvalue weighted by molar-refractivity contribution is -0.148. The molecule has 162 valence electrons. The molecule has 6 aliphatic rings. The van der Waals surface area contributed by atoms with Crippen molar-refractivity contribution in [1.29, 1.82) is 0 Å². The fourth-order valence-corrected chi connectivity index (χ4v) is 6.56. The van der Waals surface area contributed by atoms with E-state index in [0.717, 1.165) is 31.4 Å². The van der Waals surface area contributed by atoms with E-state index in [0.29, 0.717) is 24.8 Å². The fraction of sp³-hybridized carbons (Fsp3) is 0.560. The van der Waals surface area contributed by atoms with Crippen molar-refractivity contribution in [3.63, 3.8) is 0 Å². The van der Waals surface area contributed by atoms with Crippen molar-refractivity contribution >= 4 is 17.7 Å². The van der Waals surface area contributed by atoms with Crippen LogP contribution in [0.25, 0.3) is 0 Å². The molecule has 7 rings (SSSR count). The first-order chi connectivity index (χ1) is 15.1. The number of hydrogen-bond acceptors (Lipinski definition) is 4. The molecule has 4 aliphatic carbocycles. The minimum atomic E-state index is -0.815. The van der Waals surface area contributed by atoms with Crippen LogP contribution in [0.15, 0.2) is 42.5 Å². The number of carbonyl (C=O) groups is 3. The molecular formula is C25H28N2O4. The first-order valence-electron chi connectivity index (χ1n) is 11.6. The molecule has 0 radical (unpaired) electrons. The van der Waals surface area contributed by atoms with Gasteiger partial charge in [-0.3, -0.25) is 19.3 Å². The van der Waals surface area contributed by atoms with Gasteiger partial charge in [0.05, 0.1) is 17.9 Å². The number of benzene rings is 1. The lowest BCUT2D eigenvalue weighted by Gasteiger charge is -2.37. The highest BCUT2D eigenvalue weighted by Crippen LogP contribution is 2.65. The molecule has 6 heteroatoms. The molecular weight excluding hydrogens is 392 g/mol. The maximum atomic E-state index is 13.6. The van der Waals surface area contributed by atoms with Gasteiger partial charge in [-0.1, -0.05) is 42.5 Å². The molecule has 0 unspecified atom stereocenters. The van der Waals surface area contributed by atoms with Crippen LogP contribution in [-0.2, 0) is 25.5 Å². The molecule has 2 saturated heterocycles. The van der Waals surface area contributed by atoms with Crippen LogP contribution < -0.4 is 5.32 Å². The van der Waals surface area contributed by atoms with Crippen molar-refractivity contribution in [2.45, 2.75) is 37.8 Å². The second-order valence-electron chi connectivity index (χ2n) is 9.79.